The molecular formula is C11H18N4O. The lowest BCUT2D eigenvalue weighted by atomic mass is 10.1. The van der Waals surface area contributed by atoms with Gasteiger partial charge in [0.15, 0.2) is 0 Å². The number of carbonyl (C=O) groups excluding carboxylic acids is 1. The molecule has 0 saturated carbocycles. The summed E-state index contributed by atoms with van der Waals surface area (Å²) >= 11 is 0. The van der Waals surface area contributed by atoms with E-state index in [1.807, 2.05) is 6.92 Å². The molecule has 0 aliphatic rings. The van der Waals surface area contributed by atoms with Crippen LogP contribution < -0.4 is 22.1 Å². The summed E-state index contributed by atoms with van der Waals surface area (Å²) in [4.78, 5) is 11.6. The van der Waals surface area contributed by atoms with Crippen LogP contribution in [0.1, 0.15) is 17.3 Å². The number of nitrogens with two attached hydrogens (primary N) is 2. The molecule has 1 amide bonds. The highest BCUT2D eigenvalue weighted by molar-refractivity contribution is 5.96. The lowest BCUT2D eigenvalue weighted by Crippen LogP contribution is -2.23. The van der Waals surface area contributed by atoms with Crippen molar-refractivity contribution in [3.63, 3.8) is 0 Å². The topological polar surface area (TPSA) is 93.2 Å². The Labute approximate surface area is 95.2 Å². The quantitative estimate of drug-likeness (QED) is 0.542. The first kappa shape index (κ1) is 12.3. The molecule has 16 heavy (non-hydrogen) atoms. The summed E-state index contributed by atoms with van der Waals surface area (Å²) in [5.74, 6) is -0.0988. The maximum Gasteiger partial charge on any atom is 0.251 e. The van der Waals surface area contributed by atoms with Gasteiger partial charge >= 0.3 is 0 Å². The normalized spacial score (nSPS) is 9.88. The van der Waals surface area contributed by atoms with Gasteiger partial charge in [-0.05, 0) is 25.1 Å². The Kier molecular flexibility index (Phi) is 4.60. The van der Waals surface area contributed by atoms with Gasteiger partial charge in [-0.25, -0.2) is 0 Å². The second-order valence-corrected chi connectivity index (χ2v) is 3.38. The van der Waals surface area contributed by atoms with E-state index in [1.165, 1.54) is 0 Å². The fourth-order valence-corrected chi connectivity index (χ4v) is 1.32. The van der Waals surface area contributed by atoms with Crippen molar-refractivity contribution in [1.82, 2.24) is 5.32 Å². The first-order valence-electron chi connectivity index (χ1n) is 5.30. The number of hydrogen-bond acceptors (Lipinski definition) is 4. The Morgan fingerprint density at radius 2 is 2.19 bits per heavy atom. The van der Waals surface area contributed by atoms with Crippen molar-refractivity contribution in [3.8, 4) is 0 Å². The molecule has 0 unspecified atom stereocenters. The third-order valence-electron chi connectivity index (χ3n) is 2.11. The Hall–Kier alpha value is -1.75. The van der Waals surface area contributed by atoms with Gasteiger partial charge in [0.2, 0.25) is 0 Å². The molecule has 0 radical (unpaired) electrons. The molecule has 0 spiro atoms. The Balaban J connectivity index is 2.84. The van der Waals surface area contributed by atoms with Gasteiger partial charge in [0.1, 0.15) is 0 Å². The van der Waals surface area contributed by atoms with E-state index in [0.29, 0.717) is 30.9 Å². The van der Waals surface area contributed by atoms with Crippen molar-refractivity contribution >= 4 is 17.3 Å². The molecule has 0 aliphatic heterocycles. The first-order valence-corrected chi connectivity index (χ1v) is 5.30. The van der Waals surface area contributed by atoms with Crippen LogP contribution in [0.25, 0.3) is 0 Å². The molecule has 0 fully saturated rings. The molecule has 0 aromatic heterocycles. The van der Waals surface area contributed by atoms with Gasteiger partial charge in [-0.1, -0.05) is 0 Å². The largest absolute Gasteiger partial charge is 0.397 e. The van der Waals surface area contributed by atoms with Gasteiger partial charge in [-0.2, -0.15) is 0 Å². The van der Waals surface area contributed by atoms with Crippen LogP contribution in [-0.4, -0.2) is 25.5 Å². The van der Waals surface area contributed by atoms with Gasteiger partial charge in [-0.3, -0.25) is 4.79 Å². The van der Waals surface area contributed by atoms with Crippen LogP contribution in [-0.2, 0) is 0 Å². The zero-order valence-electron chi connectivity index (χ0n) is 9.42. The van der Waals surface area contributed by atoms with Crippen molar-refractivity contribution < 1.29 is 4.79 Å². The monoisotopic (exact) mass is 222 g/mol. The van der Waals surface area contributed by atoms with E-state index in [-0.39, 0.29) is 5.91 Å². The maximum atomic E-state index is 11.6. The van der Waals surface area contributed by atoms with E-state index < -0.39 is 0 Å². The summed E-state index contributed by atoms with van der Waals surface area (Å²) in [5, 5.41) is 5.80. The Morgan fingerprint density at radius 1 is 1.44 bits per heavy atom. The molecule has 0 atom stereocenters. The number of nitrogens with one attached hydrogen (secondary N) is 2. The van der Waals surface area contributed by atoms with Crippen molar-refractivity contribution in [3.05, 3.63) is 23.8 Å². The third-order valence-corrected chi connectivity index (χ3v) is 2.11. The van der Waals surface area contributed by atoms with E-state index in [9.17, 15) is 4.79 Å². The fraction of sp³-hybridized carbons (Fsp3) is 0.364. The molecule has 6 N–H and O–H groups in total. The second kappa shape index (κ2) is 5.97. The fourth-order valence-electron chi connectivity index (χ4n) is 1.32. The van der Waals surface area contributed by atoms with Crippen LogP contribution in [0, 0.1) is 0 Å². The van der Waals surface area contributed by atoms with Crippen molar-refractivity contribution in [1.29, 1.82) is 0 Å². The number of nitrogen functional groups attached to an aromatic ring is 1. The third kappa shape index (κ3) is 3.13. The zero-order chi connectivity index (χ0) is 12.0. The number of carbonyl (C=O) groups is 1. The number of benzene rings is 1. The van der Waals surface area contributed by atoms with Crippen LogP contribution in [0.2, 0.25) is 0 Å². The van der Waals surface area contributed by atoms with Crippen LogP contribution in [0.5, 0.6) is 0 Å². The van der Waals surface area contributed by atoms with E-state index in [4.69, 9.17) is 11.5 Å². The maximum absolute atomic E-state index is 11.6. The lowest BCUT2D eigenvalue weighted by molar-refractivity contribution is 0.0956. The average Bonchev–Trinajstić information content (AvgIpc) is 2.28. The van der Waals surface area contributed by atoms with Crippen molar-refractivity contribution in [2.45, 2.75) is 6.92 Å². The smallest absolute Gasteiger partial charge is 0.251 e. The summed E-state index contributed by atoms with van der Waals surface area (Å²) in [6, 6.07) is 5.15. The van der Waals surface area contributed by atoms with E-state index in [2.05, 4.69) is 10.6 Å². The minimum absolute atomic E-state index is 0.0988. The van der Waals surface area contributed by atoms with Gasteiger partial charge in [0.25, 0.3) is 5.91 Å². The summed E-state index contributed by atoms with van der Waals surface area (Å²) in [6.45, 7) is 3.63. The minimum Gasteiger partial charge on any atom is -0.397 e. The van der Waals surface area contributed by atoms with Gasteiger partial charge in [-0.15, -0.1) is 0 Å². The molecular weight excluding hydrogens is 204 g/mol. The van der Waals surface area contributed by atoms with E-state index >= 15 is 0 Å². The molecule has 5 nitrogen and oxygen atoms in total. The molecule has 0 aliphatic carbocycles. The minimum atomic E-state index is -0.0988. The summed E-state index contributed by atoms with van der Waals surface area (Å²) in [5.41, 5.74) is 13.1. The number of rotatable bonds is 5. The molecule has 88 valence electrons. The van der Waals surface area contributed by atoms with Crippen LogP contribution >= 0.6 is 0 Å². The predicted molar refractivity (Wildman–Crippen MR) is 66.4 cm³/mol. The summed E-state index contributed by atoms with van der Waals surface area (Å²) in [7, 11) is 0. The van der Waals surface area contributed by atoms with Crippen molar-refractivity contribution in [2.24, 2.45) is 5.73 Å². The predicted octanol–water partition coefficient (Wildman–Crippen LogP) is 0.389. The highest BCUT2D eigenvalue weighted by Crippen LogP contribution is 2.19. The number of anilines is 2. The Morgan fingerprint density at radius 3 is 2.81 bits per heavy atom. The first-order chi connectivity index (χ1) is 7.69. The Bertz CT molecular complexity index is 365. The van der Waals surface area contributed by atoms with Crippen molar-refractivity contribution in [2.75, 3.05) is 30.7 Å². The van der Waals surface area contributed by atoms with E-state index in [0.717, 1.165) is 5.69 Å². The highest BCUT2D eigenvalue weighted by Gasteiger charge is 2.06. The van der Waals surface area contributed by atoms with Crippen LogP contribution in [0.15, 0.2) is 18.2 Å². The SMILES string of the molecule is CCNC(=O)c1ccc(N)c(NCCN)c1. The zero-order valence-corrected chi connectivity index (χ0v) is 9.42. The van der Waals surface area contributed by atoms with Gasteiger partial charge < -0.3 is 22.1 Å². The van der Waals surface area contributed by atoms with Gasteiger partial charge in [0, 0.05) is 25.2 Å². The highest BCUT2D eigenvalue weighted by atomic mass is 16.1. The molecule has 1 aromatic carbocycles. The molecule has 0 bridgehead atoms. The number of amides is 1. The lowest BCUT2D eigenvalue weighted by Gasteiger charge is -2.10. The standard InChI is InChI=1S/C11H18N4O/c1-2-14-11(16)8-3-4-9(13)10(7-8)15-6-5-12/h3-4,7,15H,2,5-6,12-13H2,1H3,(H,14,16). The van der Waals surface area contributed by atoms with E-state index in [1.54, 1.807) is 18.2 Å². The second-order valence-electron chi connectivity index (χ2n) is 3.38. The molecule has 1 aromatic rings. The molecule has 5 heteroatoms. The molecule has 1 rings (SSSR count). The average molecular weight is 222 g/mol. The van der Waals surface area contributed by atoms with Crippen LogP contribution in [0.3, 0.4) is 0 Å². The summed E-state index contributed by atoms with van der Waals surface area (Å²) < 4.78 is 0. The van der Waals surface area contributed by atoms with Gasteiger partial charge in [0.05, 0.1) is 11.4 Å². The van der Waals surface area contributed by atoms with Crippen LogP contribution in [0.4, 0.5) is 11.4 Å². The molecule has 0 heterocycles. The molecule has 0 saturated heterocycles. The summed E-state index contributed by atoms with van der Waals surface area (Å²) in [6.07, 6.45) is 0. The number of hydrogen-bond donors (Lipinski definition) is 4.